The van der Waals surface area contributed by atoms with Crippen molar-refractivity contribution in [3.63, 3.8) is 0 Å². The third-order valence-corrected chi connectivity index (χ3v) is 7.26. The first kappa shape index (κ1) is 38.9. The molecule has 3 aromatic rings. The van der Waals surface area contributed by atoms with Gasteiger partial charge in [-0.05, 0) is 23.8 Å². The highest BCUT2D eigenvalue weighted by molar-refractivity contribution is 5.96. The fraction of sp³-hybridized carbons (Fsp3) is 0.361. The van der Waals surface area contributed by atoms with E-state index in [-0.39, 0.29) is 84.1 Å². The molecule has 2 amide bonds. The van der Waals surface area contributed by atoms with Crippen molar-refractivity contribution in [2.45, 2.75) is 25.8 Å². The van der Waals surface area contributed by atoms with Gasteiger partial charge in [0.2, 0.25) is 46.6 Å². The van der Waals surface area contributed by atoms with Crippen LogP contribution in [0.2, 0.25) is 0 Å². The Balaban J connectivity index is 0.981. The number of esters is 1. The van der Waals surface area contributed by atoms with E-state index in [4.69, 9.17) is 18.9 Å². The lowest BCUT2D eigenvalue weighted by atomic mass is 10.0. The average Bonchev–Trinajstić information content (AvgIpc) is 3.13. The lowest BCUT2D eigenvalue weighted by Gasteiger charge is -2.26. The van der Waals surface area contributed by atoms with Crippen LogP contribution in [0, 0.1) is 40.9 Å². The van der Waals surface area contributed by atoms with Gasteiger partial charge in [0.25, 0.3) is 0 Å². The minimum absolute atomic E-state index is 0.0239. The van der Waals surface area contributed by atoms with Gasteiger partial charge in [-0.2, -0.15) is 8.78 Å². The molecule has 51 heavy (non-hydrogen) atoms. The second-order valence-electron chi connectivity index (χ2n) is 10.8. The standard InChI is InChI=1S/C36H35F5N2O8/c37-31-32(38)34(40)36(35(41)33(31)39)51-30(46)13-15-47-17-19-49-21-22-50-20-18-48-16-14-42-28(44)11-12-29(45)43-23-26-7-2-1-5-24(26)9-10-25-6-3-4-8-27(25)43/h1-8H,11-23H2,(H,42,44). The molecule has 0 saturated carbocycles. The molecule has 1 N–H and O–H groups in total. The van der Waals surface area contributed by atoms with Crippen molar-refractivity contribution >= 4 is 23.5 Å². The third-order valence-electron chi connectivity index (χ3n) is 7.26. The van der Waals surface area contributed by atoms with E-state index in [9.17, 15) is 36.3 Å². The highest BCUT2D eigenvalue weighted by Gasteiger charge is 2.28. The minimum Gasteiger partial charge on any atom is -0.420 e. The van der Waals surface area contributed by atoms with Crippen LogP contribution >= 0.6 is 0 Å². The van der Waals surface area contributed by atoms with Crippen molar-refractivity contribution in [3.8, 4) is 17.6 Å². The van der Waals surface area contributed by atoms with Crippen molar-refractivity contribution in [1.29, 1.82) is 0 Å². The quantitative estimate of drug-likeness (QED) is 0.0365. The lowest BCUT2D eigenvalue weighted by Crippen LogP contribution is -2.34. The Morgan fingerprint density at radius 3 is 1.82 bits per heavy atom. The zero-order valence-electron chi connectivity index (χ0n) is 27.4. The van der Waals surface area contributed by atoms with E-state index in [2.05, 4.69) is 21.9 Å². The first-order valence-corrected chi connectivity index (χ1v) is 16.0. The van der Waals surface area contributed by atoms with Gasteiger partial charge >= 0.3 is 5.97 Å². The number of fused-ring (bicyclic) bond motifs is 2. The zero-order chi connectivity index (χ0) is 36.6. The first-order valence-electron chi connectivity index (χ1n) is 16.0. The number of anilines is 1. The van der Waals surface area contributed by atoms with Crippen LogP contribution in [-0.2, 0) is 39.9 Å². The van der Waals surface area contributed by atoms with E-state index in [1.54, 1.807) is 4.90 Å². The molecule has 3 aromatic carbocycles. The smallest absolute Gasteiger partial charge is 0.313 e. The van der Waals surface area contributed by atoms with E-state index in [1.807, 2.05) is 48.5 Å². The summed E-state index contributed by atoms with van der Waals surface area (Å²) in [6, 6.07) is 15.1. The molecule has 0 bridgehead atoms. The number of para-hydroxylation sites is 1. The Kier molecular flexibility index (Phi) is 15.3. The summed E-state index contributed by atoms with van der Waals surface area (Å²) in [6.07, 6.45) is -0.453. The summed E-state index contributed by atoms with van der Waals surface area (Å²) in [5.74, 6) is -8.35. The number of carbonyl (C=O) groups excluding carboxylic acids is 3. The Labute approximate surface area is 290 Å². The van der Waals surface area contributed by atoms with Crippen LogP contribution in [0.3, 0.4) is 0 Å². The van der Waals surface area contributed by atoms with Gasteiger partial charge in [-0.1, -0.05) is 42.2 Å². The van der Waals surface area contributed by atoms with E-state index < -0.39 is 47.2 Å². The molecule has 0 saturated heterocycles. The number of hydrogen-bond donors (Lipinski definition) is 1. The molecule has 0 unspecified atom stereocenters. The van der Waals surface area contributed by atoms with Gasteiger partial charge in [-0.25, -0.2) is 13.2 Å². The van der Waals surface area contributed by atoms with Gasteiger partial charge in [0.15, 0.2) is 0 Å². The van der Waals surface area contributed by atoms with E-state index in [0.29, 0.717) is 12.2 Å². The van der Waals surface area contributed by atoms with E-state index in [0.717, 1.165) is 16.7 Å². The third kappa shape index (κ3) is 11.6. The summed E-state index contributed by atoms with van der Waals surface area (Å²) in [4.78, 5) is 39.0. The van der Waals surface area contributed by atoms with Crippen LogP contribution < -0.4 is 15.0 Å². The SMILES string of the molecule is O=C(CCC(=O)N1Cc2ccccc2C#Cc2ccccc21)NCCOCCOCCOCCOCCC(=O)Oc1c(F)c(F)c(F)c(F)c1F. The van der Waals surface area contributed by atoms with E-state index in [1.165, 1.54) is 0 Å². The van der Waals surface area contributed by atoms with Crippen molar-refractivity contribution in [2.75, 3.05) is 64.3 Å². The van der Waals surface area contributed by atoms with Gasteiger partial charge in [-0.15, -0.1) is 0 Å². The second kappa shape index (κ2) is 20.1. The number of rotatable bonds is 19. The summed E-state index contributed by atoms with van der Waals surface area (Å²) >= 11 is 0. The number of amides is 2. The fourth-order valence-electron chi connectivity index (χ4n) is 4.67. The van der Waals surface area contributed by atoms with Crippen LogP contribution in [0.1, 0.15) is 36.0 Å². The summed E-state index contributed by atoms with van der Waals surface area (Å²) in [5.41, 5.74) is 3.24. The zero-order valence-corrected chi connectivity index (χ0v) is 27.4. The molecule has 1 aliphatic rings. The van der Waals surface area contributed by atoms with Gasteiger partial charge in [-0.3, -0.25) is 14.4 Å². The molecular formula is C36H35F5N2O8. The molecule has 15 heteroatoms. The summed E-state index contributed by atoms with van der Waals surface area (Å²) < 4.78 is 92.1. The second-order valence-corrected chi connectivity index (χ2v) is 10.8. The van der Waals surface area contributed by atoms with Crippen LogP contribution in [-0.4, -0.2) is 77.2 Å². The molecule has 0 aliphatic carbocycles. The Morgan fingerprint density at radius 2 is 1.16 bits per heavy atom. The molecule has 0 aromatic heterocycles. The van der Waals surface area contributed by atoms with Gasteiger partial charge in [0, 0.05) is 30.5 Å². The number of hydrogen-bond acceptors (Lipinski definition) is 8. The average molecular weight is 719 g/mol. The summed E-state index contributed by atoms with van der Waals surface area (Å²) in [6.45, 7) is 1.83. The van der Waals surface area contributed by atoms with Crippen molar-refractivity contribution in [2.24, 2.45) is 0 Å². The monoisotopic (exact) mass is 718 g/mol. The summed E-state index contributed by atoms with van der Waals surface area (Å²) in [7, 11) is 0. The van der Waals surface area contributed by atoms with Crippen molar-refractivity contribution in [1.82, 2.24) is 5.32 Å². The molecule has 272 valence electrons. The first-order chi connectivity index (χ1) is 24.7. The lowest BCUT2D eigenvalue weighted by molar-refractivity contribution is -0.136. The maximum Gasteiger partial charge on any atom is 0.313 e. The maximum atomic E-state index is 13.6. The number of carbonyl (C=O) groups is 3. The van der Waals surface area contributed by atoms with Crippen LogP contribution in [0.4, 0.5) is 27.6 Å². The largest absolute Gasteiger partial charge is 0.420 e. The molecule has 10 nitrogen and oxygen atoms in total. The van der Waals surface area contributed by atoms with Gasteiger partial charge in [0.05, 0.1) is 71.5 Å². The minimum atomic E-state index is -2.36. The number of nitrogens with one attached hydrogen (secondary N) is 1. The molecule has 0 spiro atoms. The fourth-order valence-corrected chi connectivity index (χ4v) is 4.67. The predicted molar refractivity (Wildman–Crippen MR) is 172 cm³/mol. The van der Waals surface area contributed by atoms with Gasteiger partial charge in [0.1, 0.15) is 0 Å². The number of benzene rings is 3. The topological polar surface area (TPSA) is 113 Å². The molecule has 4 rings (SSSR count). The van der Waals surface area contributed by atoms with E-state index >= 15 is 0 Å². The van der Waals surface area contributed by atoms with Crippen molar-refractivity contribution < 1.29 is 60.0 Å². The number of ether oxygens (including phenoxy) is 5. The highest BCUT2D eigenvalue weighted by Crippen LogP contribution is 2.29. The molecule has 1 aliphatic heterocycles. The normalized spacial score (nSPS) is 11.8. The predicted octanol–water partition coefficient (Wildman–Crippen LogP) is 4.59. The van der Waals surface area contributed by atoms with Crippen molar-refractivity contribution in [3.05, 3.63) is 94.3 Å². The highest BCUT2D eigenvalue weighted by atomic mass is 19.2. The molecule has 0 fully saturated rings. The van der Waals surface area contributed by atoms with Crippen LogP contribution in [0.25, 0.3) is 0 Å². The molecular weight excluding hydrogens is 683 g/mol. The Bertz CT molecular complexity index is 1720. The van der Waals surface area contributed by atoms with Crippen LogP contribution in [0.15, 0.2) is 48.5 Å². The molecule has 0 atom stereocenters. The number of nitrogens with zero attached hydrogens (tertiary/aromatic N) is 1. The summed E-state index contributed by atoms with van der Waals surface area (Å²) in [5, 5.41) is 2.74. The Morgan fingerprint density at radius 1 is 0.627 bits per heavy atom. The molecule has 0 radical (unpaired) electrons. The maximum absolute atomic E-state index is 13.6. The molecule has 1 heterocycles. The number of halogens is 5. The van der Waals surface area contributed by atoms with Crippen LogP contribution in [0.5, 0.6) is 5.75 Å². The Hall–Kier alpha value is -4.88. The van der Waals surface area contributed by atoms with Gasteiger partial charge < -0.3 is 33.9 Å².